The standard InChI is InChI=1S/C17H23FN2O2/c1-19-9-3-10-20(16-12-13(18)5-7-15(16)19)17(21)8-6-14-4-2-11-22-14/h5,7,12,14H,2-4,6,8-11H2,1H3/t14-/m1/s1. The second-order valence-corrected chi connectivity index (χ2v) is 6.13. The quantitative estimate of drug-likeness (QED) is 0.861. The number of fused-ring (bicyclic) bond motifs is 1. The van der Waals surface area contributed by atoms with Crippen LogP contribution in [0.2, 0.25) is 0 Å². The molecule has 1 atom stereocenters. The topological polar surface area (TPSA) is 32.8 Å². The first-order valence-electron chi connectivity index (χ1n) is 8.08. The zero-order valence-corrected chi connectivity index (χ0v) is 13.1. The number of amides is 1. The van der Waals surface area contributed by atoms with Gasteiger partial charge in [0.2, 0.25) is 5.91 Å². The van der Waals surface area contributed by atoms with Crippen molar-refractivity contribution < 1.29 is 13.9 Å². The first-order chi connectivity index (χ1) is 10.6. The molecule has 0 bridgehead atoms. The van der Waals surface area contributed by atoms with Gasteiger partial charge in [0, 0.05) is 33.2 Å². The van der Waals surface area contributed by atoms with E-state index in [2.05, 4.69) is 4.90 Å². The Morgan fingerprint density at radius 1 is 1.32 bits per heavy atom. The van der Waals surface area contributed by atoms with Crippen molar-refractivity contribution in [1.82, 2.24) is 0 Å². The van der Waals surface area contributed by atoms with Crippen LogP contribution < -0.4 is 9.80 Å². The zero-order chi connectivity index (χ0) is 15.5. The van der Waals surface area contributed by atoms with E-state index in [-0.39, 0.29) is 17.8 Å². The molecule has 0 spiro atoms. The lowest BCUT2D eigenvalue weighted by atomic mass is 10.1. The molecule has 1 saturated heterocycles. The Morgan fingerprint density at radius 2 is 2.18 bits per heavy atom. The Kier molecular flexibility index (Phi) is 4.62. The van der Waals surface area contributed by atoms with Crippen LogP contribution in [0.3, 0.4) is 0 Å². The molecule has 1 fully saturated rings. The van der Waals surface area contributed by atoms with Crippen LogP contribution in [0.15, 0.2) is 18.2 Å². The number of nitrogens with zero attached hydrogens (tertiary/aromatic N) is 2. The highest BCUT2D eigenvalue weighted by atomic mass is 19.1. The zero-order valence-electron chi connectivity index (χ0n) is 13.1. The van der Waals surface area contributed by atoms with Gasteiger partial charge < -0.3 is 14.5 Å². The normalized spacial score (nSPS) is 21.6. The van der Waals surface area contributed by atoms with E-state index in [4.69, 9.17) is 4.74 Å². The number of anilines is 2. The highest BCUT2D eigenvalue weighted by Gasteiger charge is 2.25. The Labute approximate surface area is 130 Å². The number of halogens is 1. The maximum absolute atomic E-state index is 13.6. The van der Waals surface area contributed by atoms with Crippen LogP contribution in [0.4, 0.5) is 15.8 Å². The number of hydrogen-bond donors (Lipinski definition) is 0. The van der Waals surface area contributed by atoms with Crippen molar-refractivity contribution in [2.45, 2.75) is 38.2 Å². The third-order valence-corrected chi connectivity index (χ3v) is 4.52. The molecule has 0 aliphatic carbocycles. The largest absolute Gasteiger partial charge is 0.378 e. The van der Waals surface area contributed by atoms with Crippen LogP contribution in [-0.2, 0) is 9.53 Å². The maximum atomic E-state index is 13.6. The minimum Gasteiger partial charge on any atom is -0.378 e. The molecule has 0 saturated carbocycles. The minimum absolute atomic E-state index is 0.0673. The molecule has 1 aromatic carbocycles. The molecule has 2 aliphatic heterocycles. The summed E-state index contributed by atoms with van der Waals surface area (Å²) in [6, 6.07) is 4.69. The van der Waals surface area contributed by atoms with E-state index in [1.807, 2.05) is 7.05 Å². The number of carbonyl (C=O) groups is 1. The highest BCUT2D eigenvalue weighted by Crippen LogP contribution is 2.33. The molecule has 0 radical (unpaired) electrons. The molecule has 1 aromatic rings. The summed E-state index contributed by atoms with van der Waals surface area (Å²) in [6.45, 7) is 2.32. The molecule has 5 heteroatoms. The van der Waals surface area contributed by atoms with E-state index < -0.39 is 0 Å². The van der Waals surface area contributed by atoms with Gasteiger partial charge in [-0.2, -0.15) is 0 Å². The fourth-order valence-electron chi connectivity index (χ4n) is 3.29. The first kappa shape index (κ1) is 15.3. The van der Waals surface area contributed by atoms with Crippen molar-refractivity contribution in [2.75, 3.05) is 36.5 Å². The summed E-state index contributed by atoms with van der Waals surface area (Å²) in [5, 5.41) is 0. The van der Waals surface area contributed by atoms with Crippen LogP contribution in [0.25, 0.3) is 0 Å². The van der Waals surface area contributed by atoms with Crippen LogP contribution in [0.1, 0.15) is 32.1 Å². The second-order valence-electron chi connectivity index (χ2n) is 6.13. The molecular formula is C17H23FN2O2. The molecule has 22 heavy (non-hydrogen) atoms. The van der Waals surface area contributed by atoms with Gasteiger partial charge in [-0.15, -0.1) is 0 Å². The van der Waals surface area contributed by atoms with Gasteiger partial charge in [-0.3, -0.25) is 4.79 Å². The Bertz CT molecular complexity index is 543. The summed E-state index contributed by atoms with van der Waals surface area (Å²) in [4.78, 5) is 16.5. The SMILES string of the molecule is CN1CCCN(C(=O)CC[C@H]2CCCO2)c2cc(F)ccc21. The lowest BCUT2D eigenvalue weighted by Crippen LogP contribution is -2.32. The first-order valence-corrected chi connectivity index (χ1v) is 8.08. The van der Waals surface area contributed by atoms with Gasteiger partial charge in [0.25, 0.3) is 0 Å². The fraction of sp³-hybridized carbons (Fsp3) is 0.588. The Morgan fingerprint density at radius 3 is 2.95 bits per heavy atom. The van der Waals surface area contributed by atoms with Gasteiger partial charge in [0.15, 0.2) is 0 Å². The number of carbonyl (C=O) groups excluding carboxylic acids is 1. The summed E-state index contributed by atoms with van der Waals surface area (Å²) in [5.41, 5.74) is 1.61. The predicted octanol–water partition coefficient (Wildman–Crippen LogP) is 2.96. The molecule has 3 rings (SSSR count). The van der Waals surface area contributed by atoms with Crippen LogP contribution in [-0.4, -0.2) is 38.8 Å². The molecule has 0 unspecified atom stereocenters. The van der Waals surface area contributed by atoms with Gasteiger partial charge >= 0.3 is 0 Å². The monoisotopic (exact) mass is 306 g/mol. The molecule has 2 aliphatic rings. The van der Waals surface area contributed by atoms with E-state index in [9.17, 15) is 9.18 Å². The summed E-state index contributed by atoms with van der Waals surface area (Å²) in [5.74, 6) is -0.233. The molecule has 1 amide bonds. The number of benzene rings is 1. The van der Waals surface area contributed by atoms with E-state index in [0.717, 1.165) is 44.5 Å². The van der Waals surface area contributed by atoms with E-state index in [0.29, 0.717) is 18.7 Å². The van der Waals surface area contributed by atoms with Crippen molar-refractivity contribution in [1.29, 1.82) is 0 Å². The van der Waals surface area contributed by atoms with E-state index in [1.54, 1.807) is 11.0 Å². The van der Waals surface area contributed by atoms with Crippen molar-refractivity contribution in [2.24, 2.45) is 0 Å². The van der Waals surface area contributed by atoms with Gasteiger partial charge in [0.05, 0.1) is 17.5 Å². The average molecular weight is 306 g/mol. The Hall–Kier alpha value is -1.62. The van der Waals surface area contributed by atoms with Crippen LogP contribution in [0.5, 0.6) is 0 Å². The molecule has 0 aromatic heterocycles. The van der Waals surface area contributed by atoms with E-state index in [1.165, 1.54) is 12.1 Å². The average Bonchev–Trinajstić information content (AvgIpc) is 2.96. The van der Waals surface area contributed by atoms with Crippen molar-refractivity contribution >= 4 is 17.3 Å². The molecule has 0 N–H and O–H groups in total. The van der Waals surface area contributed by atoms with E-state index >= 15 is 0 Å². The third-order valence-electron chi connectivity index (χ3n) is 4.52. The number of ether oxygens (including phenoxy) is 1. The van der Waals surface area contributed by atoms with Gasteiger partial charge in [-0.05, 0) is 43.9 Å². The van der Waals surface area contributed by atoms with Crippen molar-refractivity contribution in [3.63, 3.8) is 0 Å². The van der Waals surface area contributed by atoms with Gasteiger partial charge in [-0.25, -0.2) is 4.39 Å². The minimum atomic E-state index is -0.300. The maximum Gasteiger partial charge on any atom is 0.227 e. The summed E-state index contributed by atoms with van der Waals surface area (Å²) in [6.07, 6.45) is 4.45. The highest BCUT2D eigenvalue weighted by molar-refractivity contribution is 5.97. The molecule has 120 valence electrons. The molecular weight excluding hydrogens is 283 g/mol. The lowest BCUT2D eigenvalue weighted by molar-refractivity contribution is -0.119. The van der Waals surface area contributed by atoms with Gasteiger partial charge in [0.1, 0.15) is 5.82 Å². The number of hydrogen-bond acceptors (Lipinski definition) is 3. The molecule has 4 nitrogen and oxygen atoms in total. The summed E-state index contributed by atoms with van der Waals surface area (Å²) >= 11 is 0. The number of rotatable bonds is 3. The predicted molar refractivity (Wildman–Crippen MR) is 84.8 cm³/mol. The Balaban J connectivity index is 1.75. The summed E-state index contributed by atoms with van der Waals surface area (Å²) < 4.78 is 19.2. The van der Waals surface area contributed by atoms with Crippen LogP contribution in [0, 0.1) is 5.82 Å². The van der Waals surface area contributed by atoms with Crippen molar-refractivity contribution in [3.8, 4) is 0 Å². The van der Waals surface area contributed by atoms with Crippen molar-refractivity contribution in [3.05, 3.63) is 24.0 Å². The smallest absolute Gasteiger partial charge is 0.227 e. The fourth-order valence-corrected chi connectivity index (χ4v) is 3.29. The third kappa shape index (κ3) is 3.24. The molecule has 2 heterocycles. The lowest BCUT2D eigenvalue weighted by Gasteiger charge is -2.25. The van der Waals surface area contributed by atoms with Crippen LogP contribution >= 0.6 is 0 Å². The second kappa shape index (κ2) is 6.65. The van der Waals surface area contributed by atoms with Gasteiger partial charge in [-0.1, -0.05) is 0 Å². The summed E-state index contributed by atoms with van der Waals surface area (Å²) in [7, 11) is 1.98.